The van der Waals surface area contributed by atoms with E-state index in [1.54, 1.807) is 0 Å². The summed E-state index contributed by atoms with van der Waals surface area (Å²) in [6.07, 6.45) is -10.4. The predicted molar refractivity (Wildman–Crippen MR) is 49.2 cm³/mol. The molecule has 1 heterocycles. The molecule has 0 aliphatic carbocycles. The fraction of sp³-hybridized carbons (Fsp3) is 0.333. The van der Waals surface area contributed by atoms with Crippen LogP contribution < -0.4 is 10.5 Å². The van der Waals surface area contributed by atoms with Crippen molar-refractivity contribution in [2.45, 2.75) is 19.1 Å². The van der Waals surface area contributed by atoms with Gasteiger partial charge in [-0.3, -0.25) is 4.79 Å². The number of hydrogen-bond acceptors (Lipinski definition) is 4. The number of pyridine rings is 1. The number of nitrogens with two attached hydrogens (primary N) is 1. The second-order valence-corrected chi connectivity index (χ2v) is 3.25. The molecule has 0 aliphatic rings. The minimum atomic E-state index is -5.18. The Morgan fingerprint density at radius 1 is 1.26 bits per heavy atom. The molecule has 1 rings (SSSR count). The van der Waals surface area contributed by atoms with Crippen LogP contribution in [0.3, 0.4) is 0 Å². The summed E-state index contributed by atoms with van der Waals surface area (Å²) in [6, 6.07) is 0.300. The number of hydrogen-bond donors (Lipinski definition) is 1. The van der Waals surface area contributed by atoms with Crippen molar-refractivity contribution in [3.05, 3.63) is 23.0 Å². The van der Waals surface area contributed by atoms with Gasteiger partial charge < -0.3 is 10.5 Å². The van der Waals surface area contributed by atoms with Gasteiger partial charge in [0.25, 0.3) is 0 Å². The zero-order valence-corrected chi connectivity index (χ0v) is 8.97. The molecule has 2 N–H and O–H groups in total. The summed E-state index contributed by atoms with van der Waals surface area (Å²) in [5.74, 6) is -1.13. The van der Waals surface area contributed by atoms with Gasteiger partial charge >= 0.3 is 12.5 Å². The van der Waals surface area contributed by atoms with Crippen LogP contribution in [-0.2, 0) is 12.7 Å². The van der Waals surface area contributed by atoms with Gasteiger partial charge in [-0.15, -0.1) is 13.2 Å². The van der Waals surface area contributed by atoms with Gasteiger partial charge in [0.15, 0.2) is 12.0 Å². The molecule has 0 radical (unpaired) electrons. The van der Waals surface area contributed by atoms with Gasteiger partial charge in [-0.2, -0.15) is 13.2 Å². The van der Waals surface area contributed by atoms with E-state index in [9.17, 15) is 31.1 Å². The predicted octanol–water partition coefficient (Wildman–Crippen LogP) is 2.27. The molecule has 0 fully saturated rings. The number of ether oxygens (including phenoxy) is 1. The minimum Gasteiger partial charge on any atom is -0.403 e. The Morgan fingerprint density at radius 2 is 1.84 bits per heavy atom. The van der Waals surface area contributed by atoms with E-state index < -0.39 is 41.8 Å². The summed E-state index contributed by atoms with van der Waals surface area (Å²) in [5, 5.41) is 0. The highest BCUT2D eigenvalue weighted by atomic mass is 19.4. The van der Waals surface area contributed by atoms with Crippen molar-refractivity contribution in [2.75, 3.05) is 0 Å². The van der Waals surface area contributed by atoms with Crippen molar-refractivity contribution in [3.63, 3.8) is 0 Å². The Hall–Kier alpha value is -1.84. The smallest absolute Gasteiger partial charge is 0.403 e. The van der Waals surface area contributed by atoms with Gasteiger partial charge in [-0.05, 0) is 6.07 Å². The molecule has 1 aromatic heterocycles. The third-order valence-electron chi connectivity index (χ3n) is 1.92. The third-order valence-corrected chi connectivity index (χ3v) is 1.92. The van der Waals surface area contributed by atoms with Crippen LogP contribution in [0.2, 0.25) is 0 Å². The first-order valence-electron chi connectivity index (χ1n) is 4.60. The quantitative estimate of drug-likeness (QED) is 0.684. The number of nitrogens with zero attached hydrogens (tertiary/aromatic N) is 1. The zero-order valence-electron chi connectivity index (χ0n) is 8.97. The van der Waals surface area contributed by atoms with Crippen molar-refractivity contribution < 1.29 is 35.9 Å². The maximum atomic E-state index is 12.4. The van der Waals surface area contributed by atoms with Gasteiger partial charge in [0, 0.05) is 12.1 Å². The lowest BCUT2D eigenvalue weighted by molar-refractivity contribution is -0.275. The number of alkyl halides is 6. The van der Waals surface area contributed by atoms with Gasteiger partial charge in [0.2, 0.25) is 0 Å². The molecule has 0 aliphatic heterocycles. The standard InChI is InChI=1S/C9H6F6N2O2/c10-8(11,12)6-1-4(2-16)7(5(3-18)17-6)19-9(13,14)15/h1,3H,2,16H2. The normalized spacial score (nSPS) is 12.4. The molecular formula is C9H6F6N2O2. The first kappa shape index (κ1) is 15.2. The van der Waals surface area contributed by atoms with E-state index in [1.165, 1.54) is 0 Å². The highest BCUT2D eigenvalue weighted by Crippen LogP contribution is 2.34. The molecule has 0 unspecified atom stereocenters. The average Bonchev–Trinajstić information content (AvgIpc) is 2.25. The maximum Gasteiger partial charge on any atom is 0.573 e. The van der Waals surface area contributed by atoms with Gasteiger partial charge in [-0.1, -0.05) is 0 Å². The van der Waals surface area contributed by atoms with Crippen molar-refractivity contribution in [2.24, 2.45) is 5.73 Å². The Labute approximate surface area is 102 Å². The van der Waals surface area contributed by atoms with Gasteiger partial charge in [-0.25, -0.2) is 4.98 Å². The Morgan fingerprint density at radius 3 is 2.21 bits per heavy atom. The van der Waals surface area contributed by atoms with Crippen molar-refractivity contribution >= 4 is 6.29 Å². The average molecular weight is 288 g/mol. The fourth-order valence-corrected chi connectivity index (χ4v) is 1.22. The molecule has 10 heteroatoms. The molecular weight excluding hydrogens is 282 g/mol. The van der Waals surface area contributed by atoms with E-state index in [0.717, 1.165) is 0 Å². The second-order valence-electron chi connectivity index (χ2n) is 3.25. The zero-order chi connectivity index (χ0) is 14.8. The molecule has 0 atom stereocenters. The molecule has 0 saturated heterocycles. The summed E-state index contributed by atoms with van der Waals surface area (Å²) < 4.78 is 76.9. The lowest BCUT2D eigenvalue weighted by Gasteiger charge is -2.16. The van der Waals surface area contributed by atoms with Crippen LogP contribution in [-0.4, -0.2) is 17.6 Å². The van der Waals surface area contributed by atoms with Gasteiger partial charge in [0.05, 0.1) is 0 Å². The van der Waals surface area contributed by atoms with Crippen LogP contribution in [0.5, 0.6) is 5.75 Å². The molecule has 106 valence electrons. The first-order valence-corrected chi connectivity index (χ1v) is 4.60. The Balaban J connectivity index is 3.42. The molecule has 0 saturated carbocycles. The topological polar surface area (TPSA) is 65.2 Å². The number of halogens is 6. The monoisotopic (exact) mass is 288 g/mol. The van der Waals surface area contributed by atoms with E-state index >= 15 is 0 Å². The molecule has 0 aromatic carbocycles. The molecule has 19 heavy (non-hydrogen) atoms. The van der Waals surface area contributed by atoms with Crippen molar-refractivity contribution in [1.29, 1.82) is 0 Å². The Bertz CT molecular complexity index is 483. The van der Waals surface area contributed by atoms with Crippen LogP contribution in [0, 0.1) is 0 Å². The molecule has 0 spiro atoms. The van der Waals surface area contributed by atoms with Crippen LogP contribution in [0.15, 0.2) is 6.07 Å². The highest BCUT2D eigenvalue weighted by molar-refractivity contribution is 5.77. The summed E-state index contributed by atoms with van der Waals surface area (Å²) in [6.45, 7) is -0.683. The largest absolute Gasteiger partial charge is 0.573 e. The fourth-order valence-electron chi connectivity index (χ4n) is 1.22. The second kappa shape index (κ2) is 5.03. The molecule has 0 amide bonds. The Kier molecular flexibility index (Phi) is 4.03. The number of aldehydes is 1. The molecule has 1 aromatic rings. The summed E-state index contributed by atoms with van der Waals surface area (Å²) in [7, 11) is 0. The minimum absolute atomic E-state index is 0.268. The number of carbonyl (C=O) groups excluding carboxylic acids is 1. The summed E-state index contributed by atoms with van der Waals surface area (Å²) in [5.41, 5.74) is 1.78. The van der Waals surface area contributed by atoms with Crippen LogP contribution in [0.25, 0.3) is 0 Å². The highest BCUT2D eigenvalue weighted by Gasteiger charge is 2.37. The first-order chi connectivity index (χ1) is 8.58. The molecule has 0 bridgehead atoms. The van der Waals surface area contributed by atoms with Crippen LogP contribution in [0.1, 0.15) is 21.7 Å². The number of carbonyl (C=O) groups is 1. The number of aromatic nitrogens is 1. The summed E-state index contributed by atoms with van der Waals surface area (Å²) >= 11 is 0. The van der Waals surface area contributed by atoms with Crippen LogP contribution in [0.4, 0.5) is 26.3 Å². The van der Waals surface area contributed by atoms with Crippen LogP contribution >= 0.6 is 0 Å². The maximum absolute atomic E-state index is 12.4. The lowest BCUT2D eigenvalue weighted by Crippen LogP contribution is -2.22. The third kappa shape index (κ3) is 3.81. The summed E-state index contributed by atoms with van der Waals surface area (Å²) in [4.78, 5) is 13.3. The van der Waals surface area contributed by atoms with E-state index in [4.69, 9.17) is 5.73 Å². The SMILES string of the molecule is NCc1cc(C(F)(F)F)nc(C=O)c1OC(F)(F)F. The van der Waals surface area contributed by atoms with E-state index in [-0.39, 0.29) is 6.29 Å². The van der Waals surface area contributed by atoms with E-state index in [1.807, 2.05) is 0 Å². The molecule has 4 nitrogen and oxygen atoms in total. The lowest BCUT2D eigenvalue weighted by atomic mass is 10.1. The van der Waals surface area contributed by atoms with Gasteiger partial charge in [0.1, 0.15) is 11.4 Å². The van der Waals surface area contributed by atoms with Crippen molar-refractivity contribution in [3.8, 4) is 5.75 Å². The van der Waals surface area contributed by atoms with E-state index in [2.05, 4.69) is 9.72 Å². The van der Waals surface area contributed by atoms with Crippen molar-refractivity contribution in [1.82, 2.24) is 4.98 Å². The number of rotatable bonds is 3. The van der Waals surface area contributed by atoms with E-state index in [0.29, 0.717) is 6.07 Å².